The molecule has 2 aromatic carbocycles. The molecule has 0 saturated heterocycles. The van der Waals surface area contributed by atoms with Gasteiger partial charge in [0.2, 0.25) is 0 Å². The minimum Gasteiger partial charge on any atom is -0.497 e. The summed E-state index contributed by atoms with van der Waals surface area (Å²) < 4.78 is 5.15. The monoisotopic (exact) mass is 347 g/mol. The van der Waals surface area contributed by atoms with Crippen molar-refractivity contribution in [3.05, 3.63) is 83.7 Å². The van der Waals surface area contributed by atoms with Crippen LogP contribution in [0.4, 0.5) is 11.4 Å². The number of amides is 1. The topological polar surface area (TPSA) is 63.2 Å². The van der Waals surface area contributed by atoms with Crippen molar-refractivity contribution >= 4 is 17.3 Å². The normalized spacial score (nSPS) is 10.2. The summed E-state index contributed by atoms with van der Waals surface area (Å²) in [6.45, 7) is 2.77. The first-order valence-corrected chi connectivity index (χ1v) is 8.35. The van der Waals surface area contributed by atoms with Gasteiger partial charge >= 0.3 is 0 Å². The van der Waals surface area contributed by atoms with Gasteiger partial charge in [0, 0.05) is 18.3 Å². The molecule has 1 amide bonds. The highest BCUT2D eigenvalue weighted by molar-refractivity contribution is 6.03. The Balaban J connectivity index is 1.59. The number of carbonyl (C=O) groups is 1. The molecule has 0 atom stereocenters. The minimum atomic E-state index is -0.261. The van der Waals surface area contributed by atoms with E-state index in [2.05, 4.69) is 46.8 Å². The lowest BCUT2D eigenvalue weighted by Crippen LogP contribution is -2.13. The zero-order chi connectivity index (χ0) is 18.4. The summed E-state index contributed by atoms with van der Waals surface area (Å²) in [7, 11) is 1.59. The van der Waals surface area contributed by atoms with Gasteiger partial charge in [0.05, 0.1) is 19.0 Å². The van der Waals surface area contributed by atoms with Crippen LogP contribution in [0.15, 0.2) is 66.9 Å². The molecule has 1 heterocycles. The minimum absolute atomic E-state index is 0.261. The van der Waals surface area contributed by atoms with E-state index in [0.717, 1.165) is 5.69 Å². The average Bonchev–Trinajstić information content (AvgIpc) is 2.68. The summed E-state index contributed by atoms with van der Waals surface area (Å²) in [5, 5.41) is 6.11. The SMILES string of the molecule is COc1cccc(NC(=O)c2ccc(NCc3ccc(C)cc3)cn2)c1. The molecule has 5 heteroatoms. The number of nitrogens with one attached hydrogen (secondary N) is 2. The van der Waals surface area contributed by atoms with Crippen molar-refractivity contribution in [1.82, 2.24) is 4.98 Å². The van der Waals surface area contributed by atoms with E-state index in [-0.39, 0.29) is 5.91 Å². The molecule has 0 fully saturated rings. The van der Waals surface area contributed by atoms with Crippen LogP contribution >= 0.6 is 0 Å². The first-order chi connectivity index (χ1) is 12.6. The van der Waals surface area contributed by atoms with E-state index < -0.39 is 0 Å². The Morgan fingerprint density at radius 1 is 1.04 bits per heavy atom. The zero-order valence-corrected chi connectivity index (χ0v) is 14.8. The Labute approximate surface area is 153 Å². The fourth-order valence-electron chi connectivity index (χ4n) is 2.44. The number of aromatic nitrogens is 1. The van der Waals surface area contributed by atoms with Crippen molar-refractivity contribution < 1.29 is 9.53 Å². The molecule has 0 spiro atoms. The number of rotatable bonds is 6. The third kappa shape index (κ3) is 4.60. The second kappa shape index (κ2) is 8.16. The molecule has 0 unspecified atom stereocenters. The number of ether oxygens (including phenoxy) is 1. The Kier molecular flexibility index (Phi) is 5.49. The highest BCUT2D eigenvalue weighted by Gasteiger charge is 2.08. The average molecular weight is 347 g/mol. The van der Waals surface area contributed by atoms with Crippen LogP contribution in [0.2, 0.25) is 0 Å². The summed E-state index contributed by atoms with van der Waals surface area (Å²) in [6.07, 6.45) is 1.66. The molecule has 5 nitrogen and oxygen atoms in total. The molecule has 0 radical (unpaired) electrons. The van der Waals surface area contributed by atoms with Crippen LogP contribution in [0.25, 0.3) is 0 Å². The first kappa shape index (κ1) is 17.5. The molecule has 3 rings (SSSR count). The molecule has 132 valence electrons. The van der Waals surface area contributed by atoms with Crippen molar-refractivity contribution in [2.24, 2.45) is 0 Å². The Bertz CT molecular complexity index is 875. The summed E-state index contributed by atoms with van der Waals surface area (Å²) in [5.74, 6) is 0.426. The molecular weight excluding hydrogens is 326 g/mol. The summed E-state index contributed by atoms with van der Waals surface area (Å²) in [5.41, 5.74) is 4.31. The molecule has 2 N–H and O–H groups in total. The van der Waals surface area contributed by atoms with Gasteiger partial charge in [-0.3, -0.25) is 4.79 Å². The number of hydrogen-bond donors (Lipinski definition) is 2. The van der Waals surface area contributed by atoms with Crippen LogP contribution in [-0.2, 0) is 6.54 Å². The fourth-order valence-corrected chi connectivity index (χ4v) is 2.44. The van der Waals surface area contributed by atoms with Crippen molar-refractivity contribution in [3.8, 4) is 5.75 Å². The van der Waals surface area contributed by atoms with E-state index in [4.69, 9.17) is 4.74 Å². The van der Waals surface area contributed by atoms with Gasteiger partial charge in [-0.2, -0.15) is 0 Å². The van der Waals surface area contributed by atoms with Gasteiger partial charge in [-0.15, -0.1) is 0 Å². The highest BCUT2D eigenvalue weighted by Crippen LogP contribution is 2.17. The van der Waals surface area contributed by atoms with Crippen molar-refractivity contribution in [2.75, 3.05) is 17.7 Å². The molecular formula is C21H21N3O2. The number of methoxy groups -OCH3 is 1. The lowest BCUT2D eigenvalue weighted by Gasteiger charge is -2.09. The number of benzene rings is 2. The smallest absolute Gasteiger partial charge is 0.274 e. The summed E-state index contributed by atoms with van der Waals surface area (Å²) >= 11 is 0. The van der Waals surface area contributed by atoms with Crippen LogP contribution in [0.5, 0.6) is 5.75 Å². The molecule has 0 aliphatic heterocycles. The Morgan fingerprint density at radius 3 is 2.54 bits per heavy atom. The maximum Gasteiger partial charge on any atom is 0.274 e. The Morgan fingerprint density at radius 2 is 1.85 bits per heavy atom. The molecule has 0 bridgehead atoms. The molecule has 0 saturated carbocycles. The standard InChI is InChI=1S/C21H21N3O2/c1-15-6-8-16(9-7-15)13-22-18-10-11-20(23-14-18)21(25)24-17-4-3-5-19(12-17)26-2/h3-12,14,22H,13H2,1-2H3,(H,24,25). The molecule has 0 aliphatic carbocycles. The number of nitrogens with zero attached hydrogens (tertiary/aromatic N) is 1. The van der Waals surface area contributed by atoms with Gasteiger partial charge in [0.15, 0.2) is 0 Å². The lowest BCUT2D eigenvalue weighted by molar-refractivity contribution is 0.102. The van der Waals surface area contributed by atoms with Crippen LogP contribution in [-0.4, -0.2) is 18.0 Å². The predicted molar refractivity (Wildman–Crippen MR) is 104 cm³/mol. The summed E-state index contributed by atoms with van der Waals surface area (Å²) in [6, 6.07) is 19.1. The van der Waals surface area contributed by atoms with Crippen LogP contribution in [0.3, 0.4) is 0 Å². The van der Waals surface area contributed by atoms with Gasteiger partial charge in [-0.05, 0) is 36.8 Å². The quantitative estimate of drug-likeness (QED) is 0.699. The maximum atomic E-state index is 12.3. The van der Waals surface area contributed by atoms with Gasteiger partial charge in [0.25, 0.3) is 5.91 Å². The van der Waals surface area contributed by atoms with Gasteiger partial charge in [-0.25, -0.2) is 4.98 Å². The third-order valence-corrected chi connectivity index (χ3v) is 3.94. The largest absolute Gasteiger partial charge is 0.497 e. The lowest BCUT2D eigenvalue weighted by atomic mass is 10.1. The predicted octanol–water partition coefficient (Wildman–Crippen LogP) is 4.26. The second-order valence-electron chi connectivity index (χ2n) is 5.96. The van der Waals surface area contributed by atoms with E-state index >= 15 is 0 Å². The maximum absolute atomic E-state index is 12.3. The van der Waals surface area contributed by atoms with Crippen LogP contribution < -0.4 is 15.4 Å². The second-order valence-corrected chi connectivity index (χ2v) is 5.96. The zero-order valence-electron chi connectivity index (χ0n) is 14.8. The Hall–Kier alpha value is -3.34. The molecule has 3 aromatic rings. The molecule has 0 aliphatic rings. The van der Waals surface area contributed by atoms with E-state index in [1.807, 2.05) is 18.2 Å². The first-order valence-electron chi connectivity index (χ1n) is 8.35. The van der Waals surface area contributed by atoms with E-state index in [9.17, 15) is 4.79 Å². The van der Waals surface area contributed by atoms with Gasteiger partial charge in [-0.1, -0.05) is 35.9 Å². The van der Waals surface area contributed by atoms with Crippen molar-refractivity contribution in [1.29, 1.82) is 0 Å². The molecule has 26 heavy (non-hydrogen) atoms. The number of carbonyl (C=O) groups excluding carboxylic acids is 1. The highest BCUT2D eigenvalue weighted by atomic mass is 16.5. The van der Waals surface area contributed by atoms with Gasteiger partial charge in [0.1, 0.15) is 11.4 Å². The van der Waals surface area contributed by atoms with E-state index in [1.54, 1.807) is 31.5 Å². The number of pyridine rings is 1. The van der Waals surface area contributed by atoms with Crippen LogP contribution in [0.1, 0.15) is 21.6 Å². The fraction of sp³-hybridized carbons (Fsp3) is 0.143. The number of anilines is 2. The van der Waals surface area contributed by atoms with Crippen molar-refractivity contribution in [3.63, 3.8) is 0 Å². The van der Waals surface area contributed by atoms with Crippen LogP contribution in [0, 0.1) is 6.92 Å². The third-order valence-electron chi connectivity index (χ3n) is 3.94. The number of aryl methyl sites for hydroxylation is 1. The summed E-state index contributed by atoms with van der Waals surface area (Å²) in [4.78, 5) is 16.5. The van der Waals surface area contributed by atoms with Gasteiger partial charge < -0.3 is 15.4 Å². The van der Waals surface area contributed by atoms with Crippen molar-refractivity contribution in [2.45, 2.75) is 13.5 Å². The number of hydrogen-bond acceptors (Lipinski definition) is 4. The van der Waals surface area contributed by atoms with E-state index in [0.29, 0.717) is 23.7 Å². The molecule has 1 aromatic heterocycles. The van der Waals surface area contributed by atoms with E-state index in [1.165, 1.54) is 11.1 Å².